The van der Waals surface area contributed by atoms with E-state index < -0.39 is 28.0 Å². The summed E-state index contributed by atoms with van der Waals surface area (Å²) in [4.78, 5) is 25.8. The second-order valence-electron chi connectivity index (χ2n) is 8.60. The molecule has 0 fully saturated rings. The molecule has 0 aliphatic heterocycles. The van der Waals surface area contributed by atoms with Gasteiger partial charge in [0.1, 0.15) is 6.54 Å². The second kappa shape index (κ2) is 10.6. The third-order valence-corrected chi connectivity index (χ3v) is 7.17. The van der Waals surface area contributed by atoms with Crippen LogP contribution in [0.1, 0.15) is 31.1 Å². The van der Waals surface area contributed by atoms with Crippen molar-refractivity contribution in [3.8, 4) is 0 Å². The molecular formula is C25H26IN3O4S. The van der Waals surface area contributed by atoms with Crippen molar-refractivity contribution in [1.29, 1.82) is 0 Å². The number of anilines is 2. The Morgan fingerprint density at radius 1 is 0.882 bits per heavy atom. The van der Waals surface area contributed by atoms with Crippen LogP contribution in [-0.4, -0.2) is 32.3 Å². The molecule has 0 heterocycles. The highest BCUT2D eigenvalue weighted by Gasteiger charge is 2.28. The van der Waals surface area contributed by atoms with Gasteiger partial charge in [-0.3, -0.25) is 13.9 Å². The van der Waals surface area contributed by atoms with Crippen molar-refractivity contribution in [2.24, 2.45) is 0 Å². The van der Waals surface area contributed by atoms with E-state index in [1.165, 1.54) is 12.1 Å². The Balaban J connectivity index is 1.91. The molecule has 0 aliphatic rings. The number of halogens is 1. The van der Waals surface area contributed by atoms with E-state index in [-0.39, 0.29) is 16.4 Å². The van der Waals surface area contributed by atoms with Gasteiger partial charge in [-0.2, -0.15) is 0 Å². The number of rotatable bonds is 7. The van der Waals surface area contributed by atoms with E-state index in [2.05, 4.69) is 33.2 Å². The minimum atomic E-state index is -4.01. The smallest absolute Gasteiger partial charge is 0.264 e. The number of nitrogens with zero attached hydrogens (tertiary/aromatic N) is 1. The fourth-order valence-electron chi connectivity index (χ4n) is 3.16. The number of sulfonamides is 1. The maximum absolute atomic E-state index is 13.4. The maximum Gasteiger partial charge on any atom is 0.264 e. The van der Waals surface area contributed by atoms with E-state index in [0.29, 0.717) is 11.4 Å². The van der Waals surface area contributed by atoms with E-state index in [9.17, 15) is 18.0 Å². The summed E-state index contributed by atoms with van der Waals surface area (Å²) in [7, 11) is -4.01. The molecule has 3 rings (SSSR count). The standard InChI is InChI=1S/C25H26IN3O4S/c1-25(2,3)28-24(31)21-11-7-8-12-22(21)27-23(30)17-29(19-15-13-18(26)14-16-19)34(32,33)20-9-5-4-6-10-20/h4-16H,17H2,1-3H3,(H,27,30)(H,28,31). The number of benzene rings is 3. The average molecular weight is 591 g/mol. The van der Waals surface area contributed by atoms with Crippen molar-refractivity contribution in [3.05, 3.63) is 88.0 Å². The van der Waals surface area contributed by atoms with Crippen LogP contribution >= 0.6 is 22.6 Å². The molecule has 2 amide bonds. The zero-order valence-electron chi connectivity index (χ0n) is 19.1. The third-order valence-electron chi connectivity index (χ3n) is 4.67. The number of hydrogen-bond acceptors (Lipinski definition) is 4. The minimum absolute atomic E-state index is 0.0753. The van der Waals surface area contributed by atoms with E-state index >= 15 is 0 Å². The topological polar surface area (TPSA) is 95.6 Å². The van der Waals surface area contributed by atoms with Crippen molar-refractivity contribution < 1.29 is 18.0 Å². The molecule has 0 aliphatic carbocycles. The Kier molecular flexibility index (Phi) is 7.98. The van der Waals surface area contributed by atoms with Gasteiger partial charge in [-0.1, -0.05) is 30.3 Å². The molecule has 0 bridgehead atoms. The van der Waals surface area contributed by atoms with Crippen LogP contribution in [0.25, 0.3) is 0 Å². The van der Waals surface area contributed by atoms with Crippen LogP contribution in [0.5, 0.6) is 0 Å². The summed E-state index contributed by atoms with van der Waals surface area (Å²) < 4.78 is 28.8. The van der Waals surface area contributed by atoms with Gasteiger partial charge in [0, 0.05) is 9.11 Å². The second-order valence-corrected chi connectivity index (χ2v) is 11.7. The molecular weight excluding hydrogens is 565 g/mol. The van der Waals surface area contributed by atoms with Crippen LogP contribution in [0.15, 0.2) is 83.8 Å². The maximum atomic E-state index is 13.4. The van der Waals surface area contributed by atoms with Gasteiger partial charge >= 0.3 is 0 Å². The molecule has 34 heavy (non-hydrogen) atoms. The number of nitrogens with one attached hydrogen (secondary N) is 2. The molecule has 2 N–H and O–H groups in total. The van der Waals surface area contributed by atoms with Gasteiger partial charge in [-0.05, 0) is 91.9 Å². The van der Waals surface area contributed by atoms with Gasteiger partial charge in [-0.25, -0.2) is 8.42 Å². The Morgan fingerprint density at radius 2 is 1.47 bits per heavy atom. The summed E-state index contributed by atoms with van der Waals surface area (Å²) in [5.74, 6) is -0.913. The van der Waals surface area contributed by atoms with Gasteiger partial charge in [-0.15, -0.1) is 0 Å². The van der Waals surface area contributed by atoms with Crippen molar-refractivity contribution >= 4 is 55.8 Å². The predicted octanol–water partition coefficient (Wildman–Crippen LogP) is 4.65. The summed E-state index contributed by atoms with van der Waals surface area (Å²) in [5, 5.41) is 5.57. The molecule has 9 heteroatoms. The van der Waals surface area contributed by atoms with Crippen LogP contribution in [0.3, 0.4) is 0 Å². The Morgan fingerprint density at radius 3 is 2.09 bits per heavy atom. The van der Waals surface area contributed by atoms with E-state index in [4.69, 9.17) is 0 Å². The fourth-order valence-corrected chi connectivity index (χ4v) is 4.96. The lowest BCUT2D eigenvalue weighted by Crippen LogP contribution is -2.41. The predicted molar refractivity (Wildman–Crippen MR) is 142 cm³/mol. The van der Waals surface area contributed by atoms with Crippen LogP contribution < -0.4 is 14.9 Å². The third kappa shape index (κ3) is 6.57. The van der Waals surface area contributed by atoms with Crippen molar-refractivity contribution in [2.45, 2.75) is 31.2 Å². The van der Waals surface area contributed by atoms with Gasteiger partial charge in [0.25, 0.3) is 15.9 Å². The summed E-state index contributed by atoms with van der Waals surface area (Å²) in [6.45, 7) is 5.12. The molecule has 7 nitrogen and oxygen atoms in total. The number of carbonyl (C=O) groups excluding carboxylic acids is 2. The molecule has 0 unspecified atom stereocenters. The zero-order chi connectivity index (χ0) is 24.9. The molecule has 0 saturated carbocycles. The monoisotopic (exact) mass is 591 g/mol. The highest BCUT2D eigenvalue weighted by Crippen LogP contribution is 2.25. The summed E-state index contributed by atoms with van der Waals surface area (Å²) in [5.41, 5.74) is 0.490. The molecule has 0 spiro atoms. The quantitative estimate of drug-likeness (QED) is 0.391. The summed E-state index contributed by atoms with van der Waals surface area (Å²) in [6, 6.07) is 21.4. The molecule has 0 radical (unpaired) electrons. The van der Waals surface area contributed by atoms with E-state index in [0.717, 1.165) is 7.88 Å². The van der Waals surface area contributed by atoms with Crippen LogP contribution in [0.2, 0.25) is 0 Å². The molecule has 0 saturated heterocycles. The van der Waals surface area contributed by atoms with E-state index in [1.807, 2.05) is 20.8 Å². The first-order chi connectivity index (χ1) is 16.0. The lowest BCUT2D eigenvalue weighted by molar-refractivity contribution is -0.114. The number of para-hydroxylation sites is 1. The highest BCUT2D eigenvalue weighted by molar-refractivity contribution is 14.1. The normalized spacial score (nSPS) is 11.5. The SMILES string of the molecule is CC(C)(C)NC(=O)c1ccccc1NC(=O)CN(c1ccc(I)cc1)S(=O)(=O)c1ccccc1. The first-order valence-electron chi connectivity index (χ1n) is 10.5. The van der Waals surface area contributed by atoms with Gasteiger partial charge < -0.3 is 10.6 Å². The summed E-state index contributed by atoms with van der Waals surface area (Å²) in [6.07, 6.45) is 0. The lowest BCUT2D eigenvalue weighted by Gasteiger charge is -2.25. The molecule has 3 aromatic rings. The minimum Gasteiger partial charge on any atom is -0.347 e. The molecule has 0 aromatic heterocycles. The average Bonchev–Trinajstić information content (AvgIpc) is 2.78. The zero-order valence-corrected chi connectivity index (χ0v) is 22.1. The van der Waals surface area contributed by atoms with Gasteiger partial charge in [0.2, 0.25) is 5.91 Å². The molecule has 0 atom stereocenters. The molecule has 3 aromatic carbocycles. The number of amides is 2. The fraction of sp³-hybridized carbons (Fsp3) is 0.200. The number of hydrogen-bond donors (Lipinski definition) is 2. The van der Waals surface area contributed by atoms with Crippen LogP contribution in [0.4, 0.5) is 11.4 Å². The van der Waals surface area contributed by atoms with Gasteiger partial charge in [0.05, 0.1) is 21.8 Å². The summed E-state index contributed by atoms with van der Waals surface area (Å²) >= 11 is 2.13. The van der Waals surface area contributed by atoms with Crippen LogP contribution in [-0.2, 0) is 14.8 Å². The Hall–Kier alpha value is -2.92. The van der Waals surface area contributed by atoms with Crippen LogP contribution in [0, 0.1) is 3.57 Å². The lowest BCUT2D eigenvalue weighted by atomic mass is 10.1. The molecule has 178 valence electrons. The van der Waals surface area contributed by atoms with E-state index in [1.54, 1.807) is 66.7 Å². The van der Waals surface area contributed by atoms with Crippen molar-refractivity contribution in [3.63, 3.8) is 0 Å². The number of carbonyl (C=O) groups is 2. The largest absolute Gasteiger partial charge is 0.347 e. The Labute approximate surface area is 213 Å². The van der Waals surface area contributed by atoms with Gasteiger partial charge in [0.15, 0.2) is 0 Å². The van der Waals surface area contributed by atoms with Crippen molar-refractivity contribution in [2.75, 3.05) is 16.2 Å². The first-order valence-corrected chi connectivity index (χ1v) is 13.0. The highest BCUT2D eigenvalue weighted by atomic mass is 127. The first kappa shape index (κ1) is 25.7. The Bertz CT molecular complexity index is 1270. The van der Waals surface area contributed by atoms with Crippen molar-refractivity contribution in [1.82, 2.24) is 5.32 Å².